The van der Waals surface area contributed by atoms with Crippen LogP contribution in [0.15, 0.2) is 35.1 Å². The number of carboxylic acid groups (broad SMARTS) is 1. The third kappa shape index (κ3) is 4.03. The number of aliphatic carboxylic acids is 1. The van der Waals surface area contributed by atoms with Gasteiger partial charge in [0.1, 0.15) is 15.9 Å². The summed E-state index contributed by atoms with van der Waals surface area (Å²) < 4.78 is 0.901. The van der Waals surface area contributed by atoms with Crippen molar-refractivity contribution in [2.75, 3.05) is 6.54 Å². The fraction of sp³-hybridized carbons (Fsp3) is 0.368. The van der Waals surface area contributed by atoms with E-state index in [0.717, 1.165) is 32.1 Å². The zero-order valence-corrected chi connectivity index (χ0v) is 17.2. The Bertz CT molecular complexity index is 952. The van der Waals surface area contributed by atoms with E-state index < -0.39 is 39.0 Å². The van der Waals surface area contributed by atoms with Crippen LogP contribution in [-0.4, -0.2) is 38.2 Å². The molecule has 148 valence electrons. The van der Waals surface area contributed by atoms with Crippen LogP contribution in [0.5, 0.6) is 5.88 Å². The molecule has 0 spiro atoms. The predicted molar refractivity (Wildman–Crippen MR) is 111 cm³/mol. The maximum Gasteiger partial charge on any atom is 0.322 e. The van der Waals surface area contributed by atoms with Gasteiger partial charge < -0.3 is 15.5 Å². The first kappa shape index (κ1) is 20.3. The van der Waals surface area contributed by atoms with Crippen molar-refractivity contribution in [2.45, 2.75) is 35.6 Å². The Labute approximate surface area is 174 Å². The van der Waals surface area contributed by atoms with Crippen LogP contribution < -0.4 is 10.9 Å². The van der Waals surface area contributed by atoms with Gasteiger partial charge in [0.2, 0.25) is 5.88 Å². The topological polar surface area (TPSA) is 122 Å². The Kier molecular flexibility index (Phi) is 6.01. The van der Waals surface area contributed by atoms with E-state index in [2.05, 4.69) is 32.9 Å². The van der Waals surface area contributed by atoms with Crippen LogP contribution in [0.2, 0.25) is 0 Å². The number of halogens is 1. The van der Waals surface area contributed by atoms with Crippen LogP contribution in [0.1, 0.15) is 42.5 Å². The molecule has 0 bridgehead atoms. The molecule has 0 unspecified atom stereocenters. The lowest BCUT2D eigenvalue weighted by atomic mass is 9.94. The number of alkyl halides is 1. The number of hydrogen-bond acceptors (Lipinski definition) is 5. The molecule has 0 saturated heterocycles. The number of nitrogens with one attached hydrogen (secondary N) is 1. The molecule has 1 aliphatic rings. The van der Waals surface area contributed by atoms with Crippen molar-refractivity contribution in [1.29, 1.82) is 0 Å². The smallest absolute Gasteiger partial charge is 0.322 e. The molecular weight excluding hydrogens is 477 g/mol. The molecule has 3 N–H and O–H groups in total. The molecule has 1 aromatic heterocycles. The Morgan fingerprint density at radius 3 is 2.43 bits per heavy atom. The summed E-state index contributed by atoms with van der Waals surface area (Å²) in [5, 5.41) is 21.2. The van der Waals surface area contributed by atoms with Crippen molar-refractivity contribution in [3.05, 3.63) is 46.2 Å². The Balaban J connectivity index is 2.20. The number of aromatic hydroxyl groups is 1. The van der Waals surface area contributed by atoms with Gasteiger partial charge in [-0.3, -0.25) is 19.0 Å². The lowest BCUT2D eigenvalue weighted by Crippen LogP contribution is -2.43. The van der Waals surface area contributed by atoms with Gasteiger partial charge in [-0.05, 0) is 12.8 Å². The number of aromatic nitrogens is 2. The zero-order chi connectivity index (χ0) is 20.3. The highest BCUT2D eigenvalue weighted by molar-refractivity contribution is 14.1. The number of carbonyl (C=O) groups excluding carboxylic acids is 1. The molecule has 1 heterocycles. The Hall–Kier alpha value is -2.43. The number of carbonyl (C=O) groups is 2. The van der Waals surface area contributed by atoms with Crippen LogP contribution in [-0.2, 0) is 8.34 Å². The molecule has 0 radical (unpaired) electrons. The molecule has 1 fully saturated rings. The van der Waals surface area contributed by atoms with E-state index in [1.54, 1.807) is 24.3 Å². The fourth-order valence-corrected chi connectivity index (χ4v) is 4.63. The summed E-state index contributed by atoms with van der Waals surface area (Å²) >= 11 is 2.23. The second kappa shape index (κ2) is 8.29. The third-order valence-electron chi connectivity index (χ3n) is 4.74. The van der Waals surface area contributed by atoms with E-state index in [-0.39, 0.29) is 5.82 Å². The molecule has 0 aliphatic heterocycles. The van der Waals surface area contributed by atoms with E-state index >= 15 is 0 Å². The molecule has 28 heavy (non-hydrogen) atoms. The largest absolute Gasteiger partial charge is 0.493 e. The van der Waals surface area contributed by atoms with Crippen LogP contribution >= 0.6 is 22.6 Å². The van der Waals surface area contributed by atoms with Gasteiger partial charge in [0.05, 0.1) is 0 Å². The molecule has 9 heteroatoms. The predicted octanol–water partition coefficient (Wildman–Crippen LogP) is 2.48. The molecule has 8 nitrogen and oxygen atoms in total. The third-order valence-corrected chi connectivity index (χ3v) is 6.31. The molecule has 1 saturated carbocycles. The minimum atomic E-state index is -1.25. The zero-order valence-electron chi connectivity index (χ0n) is 15.0. The molecule has 1 aromatic carbocycles. The van der Waals surface area contributed by atoms with Gasteiger partial charge in [0.25, 0.3) is 11.5 Å². The standard InChI is InChI=1S/C19H20IN3O5/c20-19(9-5-2-6-10-19)23-15(12-7-3-1-4-8-12)22-17(27)14(18(23)28)16(26)21-11-13(24)25/h1,3-4,7-8,27H,2,5-6,9-11H2,(H,21,26)(H,24,25). The van der Waals surface area contributed by atoms with Gasteiger partial charge >= 0.3 is 5.97 Å². The van der Waals surface area contributed by atoms with Gasteiger partial charge in [-0.2, -0.15) is 4.98 Å². The van der Waals surface area contributed by atoms with Gasteiger partial charge in [-0.25, -0.2) is 0 Å². The first-order valence-electron chi connectivity index (χ1n) is 8.94. The highest BCUT2D eigenvalue weighted by Gasteiger charge is 2.36. The quantitative estimate of drug-likeness (QED) is 0.431. The second-order valence-corrected chi connectivity index (χ2v) is 8.70. The summed E-state index contributed by atoms with van der Waals surface area (Å²) in [5.74, 6) is -2.63. The molecular formula is C19H20IN3O5. The minimum Gasteiger partial charge on any atom is -0.493 e. The van der Waals surface area contributed by atoms with Crippen LogP contribution in [0, 0.1) is 0 Å². The SMILES string of the molecule is O=C(O)CNC(=O)c1c(O)nc(-c2ccccc2)n(C2(I)CCCCC2)c1=O. The van der Waals surface area contributed by atoms with Crippen molar-refractivity contribution in [1.82, 2.24) is 14.9 Å². The van der Waals surface area contributed by atoms with Crippen LogP contribution in [0.3, 0.4) is 0 Å². The summed E-state index contributed by atoms with van der Waals surface area (Å²) in [6, 6.07) is 9.00. The molecule has 0 atom stereocenters. The number of carboxylic acids is 1. The molecule has 1 amide bonds. The van der Waals surface area contributed by atoms with Gasteiger partial charge in [-0.1, -0.05) is 72.2 Å². The highest BCUT2D eigenvalue weighted by atomic mass is 127. The van der Waals surface area contributed by atoms with E-state index in [0.29, 0.717) is 5.56 Å². The summed E-state index contributed by atoms with van der Waals surface area (Å²) in [6.45, 7) is -0.659. The average molecular weight is 497 g/mol. The Morgan fingerprint density at radius 2 is 1.82 bits per heavy atom. The van der Waals surface area contributed by atoms with Gasteiger partial charge in [0, 0.05) is 5.56 Å². The van der Waals surface area contributed by atoms with Crippen molar-refractivity contribution in [3.63, 3.8) is 0 Å². The summed E-state index contributed by atoms with van der Waals surface area (Å²) in [4.78, 5) is 40.6. The van der Waals surface area contributed by atoms with Crippen LogP contribution in [0.4, 0.5) is 0 Å². The summed E-state index contributed by atoms with van der Waals surface area (Å²) in [7, 11) is 0. The molecule has 2 aromatic rings. The van der Waals surface area contributed by atoms with Crippen molar-refractivity contribution in [3.8, 4) is 17.3 Å². The van der Waals surface area contributed by atoms with E-state index in [4.69, 9.17) is 5.11 Å². The molecule has 1 aliphatic carbocycles. The molecule has 3 rings (SSSR count). The first-order chi connectivity index (χ1) is 13.3. The lowest BCUT2D eigenvalue weighted by Gasteiger charge is -2.35. The lowest BCUT2D eigenvalue weighted by molar-refractivity contribution is -0.135. The number of benzene rings is 1. The fourth-order valence-electron chi connectivity index (χ4n) is 3.42. The maximum atomic E-state index is 13.3. The van der Waals surface area contributed by atoms with E-state index in [1.807, 2.05) is 6.07 Å². The number of amides is 1. The maximum absolute atomic E-state index is 13.3. The van der Waals surface area contributed by atoms with E-state index in [1.165, 1.54) is 4.57 Å². The van der Waals surface area contributed by atoms with Gasteiger partial charge in [0.15, 0.2) is 5.56 Å². The number of hydrogen-bond donors (Lipinski definition) is 3. The van der Waals surface area contributed by atoms with Crippen molar-refractivity contribution in [2.24, 2.45) is 0 Å². The highest BCUT2D eigenvalue weighted by Crippen LogP contribution is 2.42. The van der Waals surface area contributed by atoms with Crippen molar-refractivity contribution >= 4 is 34.5 Å². The van der Waals surface area contributed by atoms with Crippen molar-refractivity contribution < 1.29 is 19.8 Å². The first-order valence-corrected chi connectivity index (χ1v) is 10.0. The minimum absolute atomic E-state index is 0.286. The second-order valence-electron chi connectivity index (χ2n) is 6.70. The summed E-state index contributed by atoms with van der Waals surface area (Å²) in [5.41, 5.74) is -0.568. The summed E-state index contributed by atoms with van der Waals surface area (Å²) in [6.07, 6.45) is 4.40. The number of nitrogens with zero attached hydrogens (tertiary/aromatic N) is 2. The Morgan fingerprint density at radius 1 is 1.18 bits per heavy atom. The number of rotatable bonds is 5. The van der Waals surface area contributed by atoms with Crippen LogP contribution in [0.25, 0.3) is 11.4 Å². The normalized spacial score (nSPS) is 15.8. The van der Waals surface area contributed by atoms with Gasteiger partial charge in [-0.15, -0.1) is 0 Å². The van der Waals surface area contributed by atoms with E-state index in [9.17, 15) is 19.5 Å². The average Bonchev–Trinajstić information content (AvgIpc) is 2.67. The monoisotopic (exact) mass is 497 g/mol.